The molecule has 0 bridgehead atoms. The second-order valence-electron chi connectivity index (χ2n) is 6.39. The van der Waals surface area contributed by atoms with Gasteiger partial charge in [-0.15, -0.1) is 0 Å². The van der Waals surface area contributed by atoms with E-state index in [0.717, 1.165) is 27.9 Å². The summed E-state index contributed by atoms with van der Waals surface area (Å²) < 4.78 is 0. The van der Waals surface area contributed by atoms with Gasteiger partial charge in [0.05, 0.1) is 13.1 Å². The number of para-hydroxylation sites is 1. The van der Waals surface area contributed by atoms with Gasteiger partial charge in [0.1, 0.15) is 0 Å². The zero-order chi connectivity index (χ0) is 17.2. The van der Waals surface area contributed by atoms with Crippen molar-refractivity contribution in [3.8, 4) is 0 Å². The predicted molar refractivity (Wildman–Crippen MR) is 95.5 cm³/mol. The van der Waals surface area contributed by atoms with E-state index in [-0.39, 0.29) is 17.7 Å². The minimum atomic E-state index is -0.383. The molecular weight excluding hydrogens is 314 g/mol. The van der Waals surface area contributed by atoms with Crippen molar-refractivity contribution in [2.45, 2.75) is 6.04 Å². The van der Waals surface area contributed by atoms with Crippen LogP contribution in [0.4, 0.5) is 0 Å². The van der Waals surface area contributed by atoms with Crippen LogP contribution in [0.1, 0.15) is 22.0 Å². The Bertz CT molecular complexity index is 917. The number of rotatable bonds is 4. The minimum absolute atomic E-state index is 0.00564. The van der Waals surface area contributed by atoms with Crippen molar-refractivity contribution in [2.24, 2.45) is 0 Å². The molecule has 1 aliphatic heterocycles. The molecule has 1 amide bonds. The molecule has 2 heterocycles. The zero-order valence-corrected chi connectivity index (χ0v) is 13.8. The molecule has 0 saturated carbocycles. The van der Waals surface area contributed by atoms with E-state index < -0.39 is 0 Å². The van der Waals surface area contributed by atoms with Crippen LogP contribution in [0.5, 0.6) is 0 Å². The fourth-order valence-corrected chi connectivity index (χ4v) is 3.61. The number of H-pyrrole nitrogens is 1. The van der Waals surface area contributed by atoms with Gasteiger partial charge in [-0.05, 0) is 6.07 Å². The number of nitrogens with one attached hydrogen (secondary N) is 3. The monoisotopic (exact) mass is 334 g/mol. The molecule has 1 fully saturated rings. The summed E-state index contributed by atoms with van der Waals surface area (Å²) >= 11 is 0. The molecule has 0 aliphatic carbocycles. The number of carbonyl (C=O) groups excluding carboxylic acids is 2. The lowest BCUT2D eigenvalue weighted by Gasteiger charge is -2.30. The van der Waals surface area contributed by atoms with E-state index in [0.29, 0.717) is 18.7 Å². The van der Waals surface area contributed by atoms with Crippen LogP contribution in [0.25, 0.3) is 10.9 Å². The van der Waals surface area contributed by atoms with Gasteiger partial charge in [0.2, 0.25) is 5.78 Å². The maximum atomic E-state index is 13.5. The van der Waals surface area contributed by atoms with Crippen LogP contribution < -0.4 is 10.2 Å². The van der Waals surface area contributed by atoms with Crippen molar-refractivity contribution in [3.63, 3.8) is 0 Å². The summed E-state index contributed by atoms with van der Waals surface area (Å²) in [5.41, 5.74) is 2.58. The minimum Gasteiger partial charge on any atom is -0.360 e. The van der Waals surface area contributed by atoms with Crippen LogP contribution in [0.3, 0.4) is 0 Å². The number of hydrogen-bond donors (Lipinski definition) is 3. The molecule has 5 nitrogen and oxygen atoms in total. The fourth-order valence-electron chi connectivity index (χ4n) is 3.61. The quantitative estimate of drug-likeness (QED) is 0.626. The molecule has 3 aromatic rings. The normalized spacial score (nSPS) is 18.7. The van der Waals surface area contributed by atoms with Gasteiger partial charge in [0.15, 0.2) is 12.6 Å². The molecule has 2 atom stereocenters. The molecule has 4 rings (SSSR count). The smallest absolute Gasteiger partial charge is 0.275 e. The highest BCUT2D eigenvalue weighted by Crippen LogP contribution is 2.23. The Morgan fingerprint density at radius 2 is 1.80 bits per heavy atom. The molecule has 2 aromatic carbocycles. The van der Waals surface area contributed by atoms with E-state index in [4.69, 9.17) is 0 Å². The molecule has 3 N–H and O–H groups in total. The lowest BCUT2D eigenvalue weighted by Crippen LogP contribution is -3.16. The predicted octanol–water partition coefficient (Wildman–Crippen LogP) is 1.11. The van der Waals surface area contributed by atoms with Crippen molar-refractivity contribution in [3.05, 3.63) is 71.9 Å². The van der Waals surface area contributed by atoms with E-state index in [1.54, 1.807) is 6.20 Å². The molecule has 1 saturated heterocycles. The van der Waals surface area contributed by atoms with Crippen molar-refractivity contribution in [2.75, 3.05) is 19.6 Å². The Morgan fingerprint density at radius 1 is 1.04 bits per heavy atom. The topological polar surface area (TPSA) is 66.4 Å². The van der Waals surface area contributed by atoms with Gasteiger partial charge in [0, 0.05) is 28.2 Å². The Balaban J connectivity index is 1.77. The number of hydrogen-bond acceptors (Lipinski definition) is 2. The van der Waals surface area contributed by atoms with Crippen molar-refractivity contribution in [1.29, 1.82) is 0 Å². The third-order valence-corrected chi connectivity index (χ3v) is 4.81. The van der Waals surface area contributed by atoms with Gasteiger partial charge < -0.3 is 15.2 Å². The summed E-state index contributed by atoms with van der Waals surface area (Å²) in [6.45, 7) is 1.64. The van der Waals surface area contributed by atoms with E-state index in [1.165, 1.54) is 0 Å². The maximum Gasteiger partial charge on any atom is 0.275 e. The van der Waals surface area contributed by atoms with Crippen LogP contribution in [-0.4, -0.2) is 36.3 Å². The van der Waals surface area contributed by atoms with E-state index in [2.05, 4.69) is 10.3 Å². The number of aromatic amines is 1. The Labute approximate surface area is 145 Å². The lowest BCUT2D eigenvalue weighted by atomic mass is 9.95. The van der Waals surface area contributed by atoms with E-state index in [1.807, 2.05) is 54.6 Å². The van der Waals surface area contributed by atoms with E-state index in [9.17, 15) is 9.59 Å². The Morgan fingerprint density at radius 3 is 2.60 bits per heavy atom. The average Bonchev–Trinajstić information content (AvgIpc) is 3.07. The first-order valence-corrected chi connectivity index (χ1v) is 8.50. The third kappa shape index (κ3) is 2.94. The highest BCUT2D eigenvalue weighted by Gasteiger charge is 2.36. The van der Waals surface area contributed by atoms with Crippen molar-refractivity contribution in [1.82, 2.24) is 10.3 Å². The number of piperazine rings is 1. The number of amides is 1. The number of carbonyl (C=O) groups is 2. The average molecular weight is 334 g/mol. The maximum absolute atomic E-state index is 13.5. The van der Waals surface area contributed by atoms with Crippen LogP contribution in [0.15, 0.2) is 60.8 Å². The number of ketones is 1. The summed E-state index contributed by atoms with van der Waals surface area (Å²) in [6, 6.07) is 17.2. The summed E-state index contributed by atoms with van der Waals surface area (Å²) in [6.07, 6.45) is 1.78. The van der Waals surface area contributed by atoms with E-state index >= 15 is 0 Å². The summed E-state index contributed by atoms with van der Waals surface area (Å²) in [4.78, 5) is 29.5. The van der Waals surface area contributed by atoms with Crippen LogP contribution in [-0.2, 0) is 4.79 Å². The van der Waals surface area contributed by atoms with Gasteiger partial charge in [-0.1, -0.05) is 48.5 Å². The highest BCUT2D eigenvalue weighted by atomic mass is 16.2. The molecular formula is C20H20N3O2+. The van der Waals surface area contributed by atoms with Crippen molar-refractivity contribution >= 4 is 22.6 Å². The summed E-state index contributed by atoms with van der Waals surface area (Å²) in [7, 11) is 0. The first-order chi connectivity index (χ1) is 12.2. The van der Waals surface area contributed by atoms with Gasteiger partial charge in [0.25, 0.3) is 5.91 Å². The summed E-state index contributed by atoms with van der Waals surface area (Å²) in [5.74, 6) is 0.0438. The van der Waals surface area contributed by atoms with Crippen LogP contribution in [0.2, 0.25) is 0 Å². The Kier molecular flexibility index (Phi) is 4.07. The van der Waals surface area contributed by atoms with Crippen LogP contribution >= 0.6 is 0 Å². The first-order valence-electron chi connectivity index (χ1n) is 8.50. The fraction of sp³-hybridized carbons (Fsp3) is 0.200. The largest absolute Gasteiger partial charge is 0.360 e. The van der Waals surface area contributed by atoms with Gasteiger partial charge in [-0.3, -0.25) is 9.59 Å². The summed E-state index contributed by atoms with van der Waals surface area (Å²) in [5, 5.41) is 3.77. The lowest BCUT2D eigenvalue weighted by molar-refractivity contribution is -0.915. The molecule has 126 valence electrons. The highest BCUT2D eigenvalue weighted by molar-refractivity contribution is 6.10. The molecule has 0 spiro atoms. The first kappa shape index (κ1) is 15.6. The number of Topliss-reactive ketones (excluding diaryl/α,β-unsaturated/α-hetero) is 1. The molecule has 5 heteroatoms. The molecule has 1 unspecified atom stereocenters. The van der Waals surface area contributed by atoms with Gasteiger partial charge >= 0.3 is 0 Å². The zero-order valence-electron chi connectivity index (χ0n) is 13.8. The molecule has 1 aromatic heterocycles. The SMILES string of the molecule is O=C1C[NH+]([C@H](C(=O)c2c[nH]c3ccccc23)c2ccccc2)CCN1. The second kappa shape index (κ2) is 6.53. The molecule has 25 heavy (non-hydrogen) atoms. The number of quaternary nitrogens is 1. The van der Waals surface area contributed by atoms with Crippen molar-refractivity contribution < 1.29 is 14.5 Å². The molecule has 0 radical (unpaired) electrons. The Hall–Kier alpha value is -2.92. The number of fused-ring (bicyclic) bond motifs is 1. The van der Waals surface area contributed by atoms with Crippen LogP contribution in [0, 0.1) is 0 Å². The number of aromatic nitrogens is 1. The van der Waals surface area contributed by atoms with Gasteiger partial charge in [-0.25, -0.2) is 0 Å². The third-order valence-electron chi connectivity index (χ3n) is 4.81. The standard InChI is InChI=1S/C20H19N3O2/c24-18-13-23(11-10-21-18)19(14-6-2-1-3-7-14)20(25)16-12-22-17-9-5-4-8-15(16)17/h1-9,12,19,22H,10-11,13H2,(H,21,24)/p+1/t19-/m0/s1. The second-order valence-corrected chi connectivity index (χ2v) is 6.39. The van der Waals surface area contributed by atoms with Gasteiger partial charge in [-0.2, -0.15) is 0 Å². The number of benzene rings is 2. The molecule has 1 aliphatic rings.